The molecule has 1 aromatic carbocycles. The third kappa shape index (κ3) is 2.71. The third-order valence-electron chi connectivity index (χ3n) is 2.12. The summed E-state index contributed by atoms with van der Waals surface area (Å²) in [5.74, 6) is 0. The van der Waals surface area contributed by atoms with Gasteiger partial charge in [-0.3, -0.25) is 10.3 Å². The number of aromatic nitrogens is 1. The summed E-state index contributed by atoms with van der Waals surface area (Å²) in [5, 5.41) is 0.618. The molecule has 4 nitrogen and oxygen atoms in total. The fourth-order valence-electron chi connectivity index (χ4n) is 1.41. The van der Waals surface area contributed by atoms with Crippen LogP contribution in [0.3, 0.4) is 0 Å². The Balaban J connectivity index is 2.05. The number of rotatable bonds is 4. The SMILES string of the molecule is CONc1ccc(Cc2cnc(N)s2)cc1. The first kappa shape index (κ1) is 10.9. The standard InChI is InChI=1S/C11H13N3OS/c1-15-14-9-4-2-8(3-5-9)6-10-7-13-11(12)16-10/h2-5,7,14H,6H2,1H3,(H2,12,13). The van der Waals surface area contributed by atoms with Crippen LogP contribution in [0.2, 0.25) is 0 Å². The van der Waals surface area contributed by atoms with Gasteiger partial charge in [0.15, 0.2) is 5.13 Å². The molecule has 0 aliphatic rings. The van der Waals surface area contributed by atoms with Crippen molar-refractivity contribution in [3.05, 3.63) is 40.9 Å². The van der Waals surface area contributed by atoms with E-state index >= 15 is 0 Å². The van der Waals surface area contributed by atoms with Crippen molar-refractivity contribution in [1.29, 1.82) is 0 Å². The van der Waals surface area contributed by atoms with E-state index in [1.54, 1.807) is 7.11 Å². The van der Waals surface area contributed by atoms with Gasteiger partial charge in [0.05, 0.1) is 12.8 Å². The monoisotopic (exact) mass is 235 g/mol. The molecule has 1 aromatic heterocycles. The average Bonchev–Trinajstić information content (AvgIpc) is 2.67. The first-order chi connectivity index (χ1) is 7.78. The molecule has 0 saturated carbocycles. The Kier molecular flexibility index (Phi) is 3.38. The maximum Gasteiger partial charge on any atom is 0.180 e. The van der Waals surface area contributed by atoms with Crippen molar-refractivity contribution in [3.63, 3.8) is 0 Å². The van der Waals surface area contributed by atoms with E-state index in [1.165, 1.54) is 21.8 Å². The highest BCUT2D eigenvalue weighted by atomic mass is 32.1. The van der Waals surface area contributed by atoms with Crippen LogP contribution in [-0.2, 0) is 11.3 Å². The number of thiazole rings is 1. The van der Waals surface area contributed by atoms with Gasteiger partial charge >= 0.3 is 0 Å². The van der Waals surface area contributed by atoms with Crippen LogP contribution in [0.15, 0.2) is 30.5 Å². The number of nitrogens with zero attached hydrogens (tertiary/aromatic N) is 1. The van der Waals surface area contributed by atoms with E-state index in [4.69, 9.17) is 10.6 Å². The van der Waals surface area contributed by atoms with Crippen molar-refractivity contribution in [2.75, 3.05) is 18.3 Å². The highest BCUT2D eigenvalue weighted by Crippen LogP contribution is 2.19. The summed E-state index contributed by atoms with van der Waals surface area (Å²) in [6.07, 6.45) is 2.68. The zero-order valence-electron chi connectivity index (χ0n) is 8.93. The molecule has 0 atom stereocenters. The van der Waals surface area contributed by atoms with Gasteiger partial charge in [-0.25, -0.2) is 4.98 Å². The Morgan fingerprint density at radius 1 is 1.38 bits per heavy atom. The van der Waals surface area contributed by atoms with E-state index in [0.29, 0.717) is 5.13 Å². The van der Waals surface area contributed by atoms with Crippen LogP contribution in [0.4, 0.5) is 10.8 Å². The highest BCUT2D eigenvalue weighted by molar-refractivity contribution is 7.15. The topological polar surface area (TPSA) is 60.2 Å². The van der Waals surface area contributed by atoms with Gasteiger partial charge in [-0.2, -0.15) is 0 Å². The largest absolute Gasteiger partial charge is 0.375 e. The number of hydrogen-bond donors (Lipinski definition) is 2. The molecule has 5 heteroatoms. The Hall–Kier alpha value is -1.59. The third-order valence-corrected chi connectivity index (χ3v) is 2.95. The van der Waals surface area contributed by atoms with Gasteiger partial charge in [0.2, 0.25) is 0 Å². The minimum Gasteiger partial charge on any atom is -0.375 e. The van der Waals surface area contributed by atoms with Crippen molar-refractivity contribution in [2.45, 2.75) is 6.42 Å². The van der Waals surface area contributed by atoms with Crippen LogP contribution in [-0.4, -0.2) is 12.1 Å². The Morgan fingerprint density at radius 2 is 2.12 bits per heavy atom. The summed E-state index contributed by atoms with van der Waals surface area (Å²) in [6.45, 7) is 0. The van der Waals surface area contributed by atoms with Crippen molar-refractivity contribution in [2.24, 2.45) is 0 Å². The normalized spacial score (nSPS) is 10.3. The number of nitrogens with two attached hydrogens (primary N) is 1. The maximum atomic E-state index is 5.58. The quantitative estimate of drug-likeness (QED) is 0.798. The Labute approximate surface area is 98.0 Å². The highest BCUT2D eigenvalue weighted by Gasteiger charge is 2.00. The van der Waals surface area contributed by atoms with Crippen molar-refractivity contribution in [3.8, 4) is 0 Å². The minimum atomic E-state index is 0.618. The Bertz CT molecular complexity index is 453. The lowest BCUT2D eigenvalue weighted by atomic mass is 10.1. The molecule has 0 saturated heterocycles. The van der Waals surface area contributed by atoms with Crippen LogP contribution in [0.1, 0.15) is 10.4 Å². The number of anilines is 2. The lowest BCUT2D eigenvalue weighted by Crippen LogP contribution is -1.95. The second-order valence-electron chi connectivity index (χ2n) is 3.34. The van der Waals surface area contributed by atoms with Crippen LogP contribution in [0.25, 0.3) is 0 Å². The van der Waals surface area contributed by atoms with Gasteiger partial charge in [-0.15, -0.1) is 11.3 Å². The summed E-state index contributed by atoms with van der Waals surface area (Å²) in [6, 6.07) is 8.06. The molecule has 1 heterocycles. The summed E-state index contributed by atoms with van der Waals surface area (Å²) in [4.78, 5) is 10.0. The van der Waals surface area contributed by atoms with E-state index in [-0.39, 0.29) is 0 Å². The number of nitrogen functional groups attached to an aromatic ring is 1. The molecule has 0 aliphatic heterocycles. The van der Waals surface area contributed by atoms with Gasteiger partial charge in [0.1, 0.15) is 0 Å². The lowest BCUT2D eigenvalue weighted by molar-refractivity contribution is 0.271. The summed E-state index contributed by atoms with van der Waals surface area (Å²) >= 11 is 1.52. The maximum absolute atomic E-state index is 5.58. The first-order valence-electron chi connectivity index (χ1n) is 4.86. The zero-order chi connectivity index (χ0) is 11.4. The number of benzene rings is 1. The Morgan fingerprint density at radius 3 is 2.69 bits per heavy atom. The van der Waals surface area contributed by atoms with Gasteiger partial charge < -0.3 is 5.73 Å². The van der Waals surface area contributed by atoms with E-state index in [2.05, 4.69) is 22.6 Å². The summed E-state index contributed by atoms with van der Waals surface area (Å²) < 4.78 is 0. The molecule has 0 amide bonds. The van der Waals surface area contributed by atoms with Gasteiger partial charge in [0, 0.05) is 17.5 Å². The molecule has 0 radical (unpaired) electrons. The minimum absolute atomic E-state index is 0.618. The van der Waals surface area contributed by atoms with Gasteiger partial charge in [-0.1, -0.05) is 12.1 Å². The van der Waals surface area contributed by atoms with Crippen LogP contribution in [0, 0.1) is 0 Å². The molecule has 0 aliphatic carbocycles. The van der Waals surface area contributed by atoms with Crippen molar-refractivity contribution < 1.29 is 4.84 Å². The van der Waals surface area contributed by atoms with Crippen LogP contribution in [0.5, 0.6) is 0 Å². The predicted octanol–water partition coefficient (Wildman–Crippen LogP) is 2.29. The van der Waals surface area contributed by atoms with E-state index in [0.717, 1.165) is 12.1 Å². The van der Waals surface area contributed by atoms with Gasteiger partial charge in [-0.05, 0) is 17.7 Å². The molecular formula is C11H13N3OS. The molecule has 2 aromatic rings. The number of nitrogens with one attached hydrogen (secondary N) is 1. The molecular weight excluding hydrogens is 222 g/mol. The molecule has 3 N–H and O–H groups in total. The molecule has 0 fully saturated rings. The second kappa shape index (κ2) is 4.96. The van der Waals surface area contributed by atoms with E-state index in [9.17, 15) is 0 Å². The molecule has 84 valence electrons. The zero-order valence-corrected chi connectivity index (χ0v) is 9.75. The van der Waals surface area contributed by atoms with Crippen molar-refractivity contribution >= 4 is 22.2 Å². The fraction of sp³-hybridized carbons (Fsp3) is 0.182. The van der Waals surface area contributed by atoms with Crippen LogP contribution >= 0.6 is 11.3 Å². The molecule has 2 rings (SSSR count). The molecule has 0 unspecified atom stereocenters. The number of hydrogen-bond acceptors (Lipinski definition) is 5. The average molecular weight is 235 g/mol. The second-order valence-corrected chi connectivity index (χ2v) is 4.49. The molecule has 0 spiro atoms. The smallest absolute Gasteiger partial charge is 0.180 e. The van der Waals surface area contributed by atoms with Crippen molar-refractivity contribution in [1.82, 2.24) is 4.98 Å². The van der Waals surface area contributed by atoms with Crippen LogP contribution < -0.4 is 11.2 Å². The van der Waals surface area contributed by atoms with E-state index in [1.807, 2.05) is 18.3 Å². The molecule has 0 bridgehead atoms. The van der Waals surface area contributed by atoms with E-state index < -0.39 is 0 Å². The lowest BCUT2D eigenvalue weighted by Gasteiger charge is -2.03. The summed E-state index contributed by atoms with van der Waals surface area (Å²) in [7, 11) is 1.59. The van der Waals surface area contributed by atoms with Gasteiger partial charge in [0.25, 0.3) is 0 Å². The fourth-order valence-corrected chi connectivity index (χ4v) is 2.13. The molecule has 16 heavy (non-hydrogen) atoms. The first-order valence-corrected chi connectivity index (χ1v) is 5.67. The summed E-state index contributed by atoms with van der Waals surface area (Å²) in [5.41, 5.74) is 10.5. The predicted molar refractivity (Wildman–Crippen MR) is 66.4 cm³/mol.